The number of nitrogens with one attached hydrogen (secondary N) is 1. The van der Waals surface area contributed by atoms with Crippen molar-refractivity contribution in [1.82, 2.24) is 5.32 Å². The van der Waals surface area contributed by atoms with Crippen LogP contribution in [0.25, 0.3) is 0 Å². The van der Waals surface area contributed by atoms with E-state index in [-0.39, 0.29) is 5.56 Å². The molecule has 0 saturated carbocycles. The summed E-state index contributed by atoms with van der Waals surface area (Å²) < 4.78 is 19.3. The lowest BCUT2D eigenvalue weighted by Crippen LogP contribution is -2.50. The van der Waals surface area contributed by atoms with Gasteiger partial charge in [-0.2, -0.15) is 0 Å². The van der Waals surface area contributed by atoms with Crippen LogP contribution in [-0.2, 0) is 15.1 Å². The average Bonchev–Trinajstić information content (AvgIpc) is 2.35. The van der Waals surface area contributed by atoms with Crippen molar-refractivity contribution in [3.05, 3.63) is 35.6 Å². The highest BCUT2D eigenvalue weighted by Crippen LogP contribution is 2.30. The number of hydrogen-bond donors (Lipinski definition) is 1. The molecule has 0 aliphatic heterocycles. The molecule has 1 aromatic carbocycles. The number of amides is 1. The second kappa shape index (κ2) is 6.24. The van der Waals surface area contributed by atoms with Crippen LogP contribution in [-0.4, -0.2) is 18.0 Å². The summed E-state index contributed by atoms with van der Waals surface area (Å²) in [6.45, 7) is 8.42. The molecule has 0 bridgehead atoms. The molecule has 0 spiro atoms. The molecular formula is C16H22FNO3. The average molecular weight is 295 g/mol. The van der Waals surface area contributed by atoms with E-state index in [1.165, 1.54) is 6.07 Å². The molecule has 1 rings (SSSR count). The van der Waals surface area contributed by atoms with Gasteiger partial charge in [0.1, 0.15) is 17.7 Å². The second-order valence-corrected chi connectivity index (χ2v) is 6.23. The molecule has 0 heterocycles. The fraction of sp³-hybridized carbons (Fsp3) is 0.500. The van der Waals surface area contributed by atoms with Gasteiger partial charge in [0, 0.05) is 11.5 Å². The van der Waals surface area contributed by atoms with Crippen LogP contribution in [0.1, 0.15) is 40.2 Å². The quantitative estimate of drug-likeness (QED) is 0.866. The van der Waals surface area contributed by atoms with E-state index >= 15 is 0 Å². The zero-order chi connectivity index (χ0) is 16.3. The molecule has 1 amide bonds. The molecule has 2 atom stereocenters. The third kappa shape index (κ3) is 4.28. The van der Waals surface area contributed by atoms with Gasteiger partial charge in [0.15, 0.2) is 0 Å². The SMILES string of the molecule is CC(C=O)C(C)(NC(=O)OC(C)(C)C)c1ccccc1F. The van der Waals surface area contributed by atoms with Crippen LogP contribution in [0.3, 0.4) is 0 Å². The van der Waals surface area contributed by atoms with E-state index in [1.54, 1.807) is 52.8 Å². The molecule has 5 heteroatoms. The van der Waals surface area contributed by atoms with Gasteiger partial charge in [0.05, 0.1) is 5.54 Å². The van der Waals surface area contributed by atoms with Crippen LogP contribution in [0, 0.1) is 11.7 Å². The van der Waals surface area contributed by atoms with Crippen molar-refractivity contribution in [3.63, 3.8) is 0 Å². The first-order valence-corrected chi connectivity index (χ1v) is 6.81. The van der Waals surface area contributed by atoms with Crippen molar-refractivity contribution in [2.75, 3.05) is 0 Å². The van der Waals surface area contributed by atoms with Gasteiger partial charge < -0.3 is 14.8 Å². The normalized spacial score (nSPS) is 15.7. The topological polar surface area (TPSA) is 55.4 Å². The van der Waals surface area contributed by atoms with Gasteiger partial charge in [0.25, 0.3) is 0 Å². The Bertz CT molecular complexity index is 524. The molecule has 0 aromatic heterocycles. The van der Waals surface area contributed by atoms with E-state index in [0.29, 0.717) is 6.29 Å². The van der Waals surface area contributed by atoms with Crippen LogP contribution in [0.2, 0.25) is 0 Å². The summed E-state index contributed by atoms with van der Waals surface area (Å²) in [6.07, 6.45) is -0.00830. The first-order valence-electron chi connectivity index (χ1n) is 6.81. The number of ether oxygens (including phenoxy) is 1. The molecule has 4 nitrogen and oxygen atoms in total. The zero-order valence-corrected chi connectivity index (χ0v) is 13.1. The summed E-state index contributed by atoms with van der Waals surface area (Å²) in [6, 6.07) is 6.05. The maximum absolute atomic E-state index is 14.1. The standard InChI is InChI=1S/C16H22FNO3/c1-11(10-19)16(5,12-8-6-7-9-13(12)17)18-14(20)21-15(2,3)4/h6-11H,1-5H3,(H,18,20). The lowest BCUT2D eigenvalue weighted by atomic mass is 9.81. The molecule has 0 fully saturated rings. The van der Waals surface area contributed by atoms with E-state index in [9.17, 15) is 14.0 Å². The minimum absolute atomic E-state index is 0.246. The summed E-state index contributed by atoms with van der Waals surface area (Å²) in [5.74, 6) is -1.10. The Balaban J connectivity index is 3.14. The molecule has 0 saturated heterocycles. The monoisotopic (exact) mass is 295 g/mol. The summed E-state index contributed by atoms with van der Waals surface area (Å²) in [5, 5.41) is 2.63. The third-order valence-corrected chi connectivity index (χ3v) is 3.31. The van der Waals surface area contributed by atoms with Crippen LogP contribution in [0.15, 0.2) is 24.3 Å². The summed E-state index contributed by atoms with van der Waals surface area (Å²) in [5.41, 5.74) is -1.62. The number of rotatable bonds is 4. The lowest BCUT2D eigenvalue weighted by molar-refractivity contribution is -0.112. The number of carbonyl (C=O) groups is 2. The van der Waals surface area contributed by atoms with E-state index in [0.717, 1.165) is 0 Å². The highest BCUT2D eigenvalue weighted by molar-refractivity contribution is 5.71. The predicted molar refractivity (Wildman–Crippen MR) is 78.3 cm³/mol. The molecule has 0 aliphatic rings. The Hall–Kier alpha value is -1.91. The summed E-state index contributed by atoms with van der Waals surface area (Å²) >= 11 is 0. The molecule has 1 aromatic rings. The van der Waals surface area contributed by atoms with Crippen molar-refractivity contribution >= 4 is 12.4 Å². The largest absolute Gasteiger partial charge is 0.444 e. The first-order chi connectivity index (χ1) is 9.60. The Morgan fingerprint density at radius 1 is 1.29 bits per heavy atom. The molecule has 0 radical (unpaired) electrons. The molecule has 2 unspecified atom stereocenters. The predicted octanol–water partition coefficient (Wildman–Crippen LogP) is 3.40. The highest BCUT2D eigenvalue weighted by atomic mass is 19.1. The Morgan fingerprint density at radius 3 is 2.33 bits per heavy atom. The smallest absolute Gasteiger partial charge is 0.408 e. The zero-order valence-electron chi connectivity index (χ0n) is 13.1. The summed E-state index contributed by atoms with van der Waals surface area (Å²) in [4.78, 5) is 23.2. The molecule has 0 aliphatic carbocycles. The fourth-order valence-corrected chi connectivity index (χ4v) is 1.96. The van der Waals surface area contributed by atoms with Crippen molar-refractivity contribution < 1.29 is 18.7 Å². The number of carbonyl (C=O) groups excluding carboxylic acids is 2. The Morgan fingerprint density at radius 2 is 1.86 bits per heavy atom. The molecule has 21 heavy (non-hydrogen) atoms. The van der Waals surface area contributed by atoms with Crippen molar-refractivity contribution in [2.45, 2.75) is 45.8 Å². The number of alkyl carbamates (subject to hydrolysis) is 1. The van der Waals surface area contributed by atoms with Crippen molar-refractivity contribution in [2.24, 2.45) is 5.92 Å². The maximum Gasteiger partial charge on any atom is 0.408 e. The number of halogens is 1. The highest BCUT2D eigenvalue weighted by Gasteiger charge is 2.38. The first kappa shape index (κ1) is 17.1. The van der Waals surface area contributed by atoms with E-state index in [2.05, 4.69) is 5.32 Å². The maximum atomic E-state index is 14.1. The van der Waals surface area contributed by atoms with Gasteiger partial charge in [-0.25, -0.2) is 9.18 Å². The number of benzene rings is 1. The van der Waals surface area contributed by atoms with Crippen LogP contribution in [0.4, 0.5) is 9.18 Å². The molecular weight excluding hydrogens is 273 g/mol. The Labute approximate surface area is 124 Å². The van der Waals surface area contributed by atoms with Crippen LogP contribution in [0.5, 0.6) is 0 Å². The van der Waals surface area contributed by atoms with Gasteiger partial charge >= 0.3 is 6.09 Å². The van der Waals surface area contributed by atoms with Crippen molar-refractivity contribution in [3.8, 4) is 0 Å². The lowest BCUT2D eigenvalue weighted by Gasteiger charge is -2.35. The number of aldehydes is 1. The van der Waals surface area contributed by atoms with Crippen LogP contribution >= 0.6 is 0 Å². The minimum Gasteiger partial charge on any atom is -0.444 e. The minimum atomic E-state index is -1.19. The van der Waals surface area contributed by atoms with Gasteiger partial charge in [-0.1, -0.05) is 25.1 Å². The fourth-order valence-electron chi connectivity index (χ4n) is 1.96. The number of hydrogen-bond acceptors (Lipinski definition) is 3. The third-order valence-electron chi connectivity index (χ3n) is 3.31. The van der Waals surface area contributed by atoms with Gasteiger partial charge in [-0.05, 0) is 33.8 Å². The molecule has 1 N–H and O–H groups in total. The summed E-state index contributed by atoms with van der Waals surface area (Å²) in [7, 11) is 0. The van der Waals surface area contributed by atoms with E-state index in [4.69, 9.17) is 4.74 Å². The Kier molecular flexibility index (Phi) is 5.10. The van der Waals surface area contributed by atoms with Gasteiger partial charge in [0.2, 0.25) is 0 Å². The van der Waals surface area contributed by atoms with E-state index in [1.807, 2.05) is 0 Å². The molecule has 116 valence electrons. The van der Waals surface area contributed by atoms with Crippen molar-refractivity contribution in [1.29, 1.82) is 0 Å². The van der Waals surface area contributed by atoms with Gasteiger partial charge in [-0.3, -0.25) is 0 Å². The van der Waals surface area contributed by atoms with E-state index < -0.39 is 29.0 Å². The second-order valence-electron chi connectivity index (χ2n) is 6.23. The van der Waals surface area contributed by atoms with Crippen LogP contribution < -0.4 is 5.32 Å². The van der Waals surface area contributed by atoms with Gasteiger partial charge in [-0.15, -0.1) is 0 Å².